The predicted octanol–water partition coefficient (Wildman–Crippen LogP) is 9.05. The Balaban J connectivity index is 1.23. The van der Waals surface area contributed by atoms with Crippen LogP contribution >= 0.6 is 15.9 Å². The van der Waals surface area contributed by atoms with E-state index in [0.29, 0.717) is 30.5 Å². The standard InChI is InChI=1S/C49H49BBrNO6Si/c1-49(2,3)59(39-20-12-6-13-21-39,40-22-14-7-15-23-40)57-32-36-30-41-46(48(55)52(47(41)54)38-18-10-5-11-19-38)42-31-50(56)58-44(45(36)42)27-24-34(33-16-8-4-9-17-33)28-35-29-37(51)25-26-43(35)53/h4-23,25-26,28-29,41-42,44,46,53,56H,24,27,30-32H2,1-3H3/b34-28-/t41-,42+,44-,46-/m1/s1. The molecule has 0 spiro atoms. The van der Waals surface area contributed by atoms with Crippen LogP contribution in [0.15, 0.2) is 155 Å². The smallest absolute Gasteiger partial charge is 0.455 e. The summed E-state index contributed by atoms with van der Waals surface area (Å²) in [4.78, 5) is 30.4. The van der Waals surface area contributed by atoms with Gasteiger partial charge in [-0.2, -0.15) is 0 Å². The second-order valence-electron chi connectivity index (χ2n) is 16.9. The topological polar surface area (TPSA) is 96.3 Å². The minimum atomic E-state index is -3.01. The molecular formula is C49H49BBrNO6Si. The summed E-state index contributed by atoms with van der Waals surface area (Å²) in [5.41, 5.74) is 5.15. The molecule has 7 nitrogen and oxygen atoms in total. The summed E-state index contributed by atoms with van der Waals surface area (Å²) in [6, 6.07) is 45.6. The SMILES string of the molecule is CC(C)(C)[Si](OCC1=C2[C@@H](CC/C(=C/c3cc(Br)ccc3O)c3ccccc3)OB(O)C[C@@H]2[C@@H]2C(=O)N(c3ccccc3)C(=O)[C@@H]2C1)(c1ccccc1)c1ccccc1. The molecule has 0 saturated carbocycles. The van der Waals surface area contributed by atoms with Crippen molar-refractivity contribution in [2.45, 2.75) is 57.5 Å². The molecule has 4 atom stereocenters. The number of fused-ring (bicyclic) bond motifs is 3. The van der Waals surface area contributed by atoms with Gasteiger partial charge in [0.2, 0.25) is 11.8 Å². The van der Waals surface area contributed by atoms with E-state index in [2.05, 4.69) is 97.4 Å². The molecule has 10 heteroatoms. The highest BCUT2D eigenvalue weighted by atomic mass is 79.9. The Hall–Kier alpha value is -4.84. The lowest BCUT2D eigenvalue weighted by Crippen LogP contribution is -2.66. The van der Waals surface area contributed by atoms with Gasteiger partial charge in [-0.15, -0.1) is 0 Å². The third kappa shape index (κ3) is 7.97. The summed E-state index contributed by atoms with van der Waals surface area (Å²) in [7, 11) is -4.14. The molecular weight excluding hydrogens is 817 g/mol. The van der Waals surface area contributed by atoms with E-state index in [1.165, 1.54) is 4.90 Å². The highest BCUT2D eigenvalue weighted by Crippen LogP contribution is 2.52. The molecule has 5 aromatic carbocycles. The Morgan fingerprint density at radius 3 is 2.05 bits per heavy atom. The molecule has 59 heavy (non-hydrogen) atoms. The van der Waals surface area contributed by atoms with Crippen molar-refractivity contribution < 1.29 is 28.8 Å². The number of aromatic hydroxyl groups is 1. The number of para-hydroxylation sites is 1. The molecule has 3 aliphatic rings. The third-order valence-corrected chi connectivity index (χ3v) is 17.8. The van der Waals surface area contributed by atoms with E-state index in [4.69, 9.17) is 9.08 Å². The third-order valence-electron chi connectivity index (χ3n) is 12.3. The van der Waals surface area contributed by atoms with E-state index in [0.717, 1.165) is 37.1 Å². The Bertz CT molecular complexity index is 2330. The number of benzene rings is 5. The van der Waals surface area contributed by atoms with Gasteiger partial charge in [0, 0.05) is 10.0 Å². The zero-order valence-corrected chi connectivity index (χ0v) is 36.2. The monoisotopic (exact) mass is 865 g/mol. The number of allylic oxidation sites excluding steroid dienone is 1. The number of carbonyl (C=O) groups is 2. The van der Waals surface area contributed by atoms with Crippen molar-refractivity contribution in [1.82, 2.24) is 0 Å². The first-order valence-electron chi connectivity index (χ1n) is 20.4. The molecule has 5 aromatic rings. The van der Waals surface area contributed by atoms with Gasteiger partial charge in [-0.25, -0.2) is 0 Å². The zero-order valence-electron chi connectivity index (χ0n) is 33.6. The number of carbonyl (C=O) groups excluding carboxylic acids is 2. The fourth-order valence-electron chi connectivity index (χ4n) is 9.75. The fraction of sp³-hybridized carbons (Fsp3) is 0.265. The molecule has 2 aliphatic heterocycles. The molecule has 0 aromatic heterocycles. The summed E-state index contributed by atoms with van der Waals surface area (Å²) in [6.45, 7) is 6.99. The van der Waals surface area contributed by atoms with Gasteiger partial charge in [-0.3, -0.25) is 14.5 Å². The number of rotatable bonds is 11. The minimum Gasteiger partial charge on any atom is -0.507 e. The first-order chi connectivity index (χ1) is 28.5. The lowest BCUT2D eigenvalue weighted by atomic mass is 9.58. The van der Waals surface area contributed by atoms with Crippen molar-refractivity contribution in [1.29, 1.82) is 0 Å². The van der Waals surface area contributed by atoms with Crippen LogP contribution < -0.4 is 15.3 Å². The van der Waals surface area contributed by atoms with Gasteiger partial charge in [-0.1, -0.05) is 146 Å². The second-order valence-corrected chi connectivity index (χ2v) is 22.1. The summed E-state index contributed by atoms with van der Waals surface area (Å²) < 4.78 is 14.9. The summed E-state index contributed by atoms with van der Waals surface area (Å²) in [6.07, 6.45) is 3.03. The molecule has 0 unspecified atom stereocenters. The van der Waals surface area contributed by atoms with Gasteiger partial charge in [0.15, 0.2) is 0 Å². The van der Waals surface area contributed by atoms with E-state index in [1.54, 1.807) is 24.3 Å². The lowest BCUT2D eigenvalue weighted by Gasteiger charge is -2.46. The van der Waals surface area contributed by atoms with Gasteiger partial charge in [0.05, 0.1) is 30.2 Å². The number of phenols is 1. The summed E-state index contributed by atoms with van der Waals surface area (Å²) in [5.74, 6) is -1.94. The molecule has 300 valence electrons. The van der Waals surface area contributed by atoms with E-state index in [-0.39, 0.29) is 35.5 Å². The maximum Gasteiger partial charge on any atom is 0.455 e. The van der Waals surface area contributed by atoms with Crippen molar-refractivity contribution in [3.05, 3.63) is 166 Å². The fourth-order valence-corrected chi connectivity index (χ4v) is 14.7. The number of halogens is 1. The Labute approximate surface area is 356 Å². The molecule has 0 bridgehead atoms. The molecule has 8 rings (SSSR count). The van der Waals surface area contributed by atoms with Crippen LogP contribution in [0.5, 0.6) is 5.75 Å². The van der Waals surface area contributed by atoms with Gasteiger partial charge in [-0.05, 0) is 106 Å². The number of hydrogen-bond acceptors (Lipinski definition) is 6. The minimum absolute atomic E-state index is 0.169. The van der Waals surface area contributed by atoms with Crippen LogP contribution in [0.4, 0.5) is 5.69 Å². The molecule has 0 radical (unpaired) electrons. The normalized spacial score (nSPS) is 21.1. The first kappa shape index (κ1) is 40.9. The van der Waals surface area contributed by atoms with Crippen molar-refractivity contribution in [2.75, 3.05) is 11.5 Å². The number of phenolic OH excluding ortho intramolecular Hbond substituents is 1. The largest absolute Gasteiger partial charge is 0.507 e. The zero-order chi connectivity index (χ0) is 41.3. The van der Waals surface area contributed by atoms with Gasteiger partial charge < -0.3 is 19.2 Å². The van der Waals surface area contributed by atoms with E-state index in [9.17, 15) is 19.7 Å². The lowest BCUT2D eigenvalue weighted by molar-refractivity contribution is -0.122. The average molecular weight is 867 g/mol. The highest BCUT2D eigenvalue weighted by molar-refractivity contribution is 9.10. The molecule has 2 saturated heterocycles. The van der Waals surface area contributed by atoms with Crippen molar-refractivity contribution in [3.8, 4) is 5.75 Å². The number of nitrogens with zero attached hydrogens (tertiary/aromatic N) is 1. The predicted molar refractivity (Wildman–Crippen MR) is 242 cm³/mol. The van der Waals surface area contributed by atoms with Crippen LogP contribution in [0.2, 0.25) is 11.4 Å². The summed E-state index contributed by atoms with van der Waals surface area (Å²) in [5, 5.41) is 24.3. The van der Waals surface area contributed by atoms with E-state index < -0.39 is 39.3 Å². The van der Waals surface area contributed by atoms with Crippen molar-refractivity contribution >= 4 is 70.9 Å². The Morgan fingerprint density at radius 1 is 0.847 bits per heavy atom. The van der Waals surface area contributed by atoms with Gasteiger partial charge >= 0.3 is 7.12 Å². The van der Waals surface area contributed by atoms with Crippen LogP contribution in [0.1, 0.15) is 51.2 Å². The Kier molecular flexibility index (Phi) is 11.8. The van der Waals surface area contributed by atoms with Gasteiger partial charge in [0.25, 0.3) is 8.32 Å². The van der Waals surface area contributed by atoms with Crippen LogP contribution in [-0.4, -0.2) is 50.1 Å². The maximum atomic E-state index is 14.6. The molecule has 2 fully saturated rings. The number of imide groups is 1. The van der Waals surface area contributed by atoms with E-state index in [1.807, 2.05) is 60.7 Å². The van der Waals surface area contributed by atoms with Crippen LogP contribution in [0.25, 0.3) is 11.6 Å². The van der Waals surface area contributed by atoms with Crippen molar-refractivity contribution in [3.63, 3.8) is 0 Å². The van der Waals surface area contributed by atoms with Crippen LogP contribution in [-0.2, 0) is 18.7 Å². The van der Waals surface area contributed by atoms with Crippen molar-refractivity contribution in [2.24, 2.45) is 17.8 Å². The maximum absolute atomic E-state index is 14.6. The number of anilines is 1. The quantitative estimate of drug-likeness (QED) is 0.0596. The van der Waals surface area contributed by atoms with Crippen LogP contribution in [0.3, 0.4) is 0 Å². The first-order valence-corrected chi connectivity index (χ1v) is 23.1. The van der Waals surface area contributed by atoms with Gasteiger partial charge in [0.1, 0.15) is 5.75 Å². The number of hydrogen-bond donors (Lipinski definition) is 2. The van der Waals surface area contributed by atoms with Crippen LogP contribution in [0, 0.1) is 17.8 Å². The molecule has 2 amide bonds. The Morgan fingerprint density at radius 2 is 1.44 bits per heavy atom. The molecule has 1 aliphatic carbocycles. The number of amides is 2. The van der Waals surface area contributed by atoms with E-state index >= 15 is 0 Å². The molecule has 2 heterocycles. The molecule has 2 N–H and O–H groups in total. The average Bonchev–Trinajstić information content (AvgIpc) is 3.49. The summed E-state index contributed by atoms with van der Waals surface area (Å²) >= 11 is 3.56. The second kappa shape index (κ2) is 17.0. The highest BCUT2D eigenvalue weighted by Gasteiger charge is 2.58.